The summed E-state index contributed by atoms with van der Waals surface area (Å²) in [6.45, 7) is 12.1. The van der Waals surface area contributed by atoms with Crippen molar-refractivity contribution in [3.8, 4) is 0 Å². The zero-order chi connectivity index (χ0) is 41.4. The fourth-order valence-electron chi connectivity index (χ4n) is 7.46. The van der Waals surface area contributed by atoms with Crippen molar-refractivity contribution < 1.29 is 33.9 Å². The van der Waals surface area contributed by atoms with Crippen molar-refractivity contribution in [1.82, 2.24) is 30.7 Å². The first-order valence-corrected chi connectivity index (χ1v) is 20.5. The summed E-state index contributed by atoms with van der Waals surface area (Å²) in [4.78, 5) is 88.8. The maximum absolute atomic E-state index is 14.1. The summed E-state index contributed by atoms with van der Waals surface area (Å²) in [5.41, 5.74) is 2.00. The number of carboxylic acids is 1. The Balaban J connectivity index is 1.42. The zero-order valence-electron chi connectivity index (χ0n) is 33.3. The van der Waals surface area contributed by atoms with Gasteiger partial charge in [-0.3, -0.25) is 38.6 Å². The molecule has 3 aromatic rings. The van der Waals surface area contributed by atoms with Gasteiger partial charge in [-0.2, -0.15) is 0 Å². The molecule has 0 radical (unpaired) electrons. The Morgan fingerprint density at radius 3 is 2.19 bits per heavy atom. The molecule has 5 amide bonds. The summed E-state index contributed by atoms with van der Waals surface area (Å²) in [7, 11) is 1.91. The van der Waals surface area contributed by atoms with Gasteiger partial charge in [-0.05, 0) is 76.2 Å². The predicted octanol–water partition coefficient (Wildman–Crippen LogP) is 5.40. The van der Waals surface area contributed by atoms with Gasteiger partial charge in [-0.25, -0.2) is 4.98 Å². The molecule has 2 aliphatic rings. The van der Waals surface area contributed by atoms with Gasteiger partial charge in [-0.1, -0.05) is 88.2 Å². The van der Waals surface area contributed by atoms with Crippen LogP contribution in [-0.4, -0.2) is 93.2 Å². The molecule has 7 atom stereocenters. The molecule has 14 heteroatoms. The number of piperidine rings is 1. The van der Waals surface area contributed by atoms with Gasteiger partial charge < -0.3 is 21.1 Å². The van der Waals surface area contributed by atoms with E-state index in [1.54, 1.807) is 43.5 Å². The average Bonchev–Trinajstić information content (AvgIpc) is 3.78. The Bertz CT molecular complexity index is 1930. The van der Waals surface area contributed by atoms with Crippen LogP contribution in [0.5, 0.6) is 0 Å². The first-order chi connectivity index (χ1) is 27.2. The lowest BCUT2D eigenvalue weighted by Gasteiger charge is -2.34. The molecule has 2 aliphatic heterocycles. The van der Waals surface area contributed by atoms with E-state index in [-0.39, 0.29) is 47.5 Å². The summed E-state index contributed by atoms with van der Waals surface area (Å²) in [5, 5.41) is 20.5. The number of carbonyl (C=O) groups is 6. The van der Waals surface area contributed by atoms with Gasteiger partial charge in [0, 0.05) is 11.4 Å². The second-order valence-electron chi connectivity index (χ2n) is 15.5. The number of imide groups is 1. The van der Waals surface area contributed by atoms with Crippen LogP contribution in [0.4, 0.5) is 0 Å². The lowest BCUT2D eigenvalue weighted by Crippen LogP contribution is -2.57. The highest BCUT2D eigenvalue weighted by Gasteiger charge is 2.43. The van der Waals surface area contributed by atoms with Crippen molar-refractivity contribution in [2.45, 2.75) is 103 Å². The second kappa shape index (κ2) is 19.3. The fourth-order valence-corrected chi connectivity index (χ4v) is 8.36. The highest BCUT2D eigenvalue weighted by Crippen LogP contribution is 2.36. The first kappa shape index (κ1) is 42.9. The molecule has 5 rings (SSSR count). The van der Waals surface area contributed by atoms with Gasteiger partial charge in [0.05, 0.1) is 35.2 Å². The average molecular weight is 799 g/mol. The van der Waals surface area contributed by atoms with E-state index in [0.29, 0.717) is 29.8 Å². The molecule has 304 valence electrons. The number of nitrogens with one attached hydrogen (secondary N) is 3. The Hall–Kier alpha value is -5.21. The van der Waals surface area contributed by atoms with Gasteiger partial charge in [0.25, 0.3) is 17.7 Å². The third-order valence-electron chi connectivity index (χ3n) is 11.1. The lowest BCUT2D eigenvalue weighted by atomic mass is 9.94. The Morgan fingerprint density at radius 2 is 1.60 bits per heavy atom. The number of benzene rings is 2. The number of hydrogen-bond donors (Lipinski definition) is 4. The molecule has 57 heavy (non-hydrogen) atoms. The molecule has 1 saturated heterocycles. The molecule has 0 bridgehead atoms. The molecule has 0 spiro atoms. The van der Waals surface area contributed by atoms with Crippen molar-refractivity contribution in [3.05, 3.63) is 99.5 Å². The third kappa shape index (κ3) is 10.4. The molecule has 3 heterocycles. The maximum atomic E-state index is 14.1. The van der Waals surface area contributed by atoms with Gasteiger partial charge >= 0.3 is 5.97 Å². The van der Waals surface area contributed by atoms with Gasteiger partial charge in [0.2, 0.25) is 11.8 Å². The molecule has 1 aromatic heterocycles. The number of aromatic nitrogens is 1. The highest BCUT2D eigenvalue weighted by molar-refractivity contribution is 7.10. The van der Waals surface area contributed by atoms with Crippen LogP contribution in [0, 0.1) is 11.8 Å². The lowest BCUT2D eigenvalue weighted by molar-refractivity contribution is -0.141. The molecular weight excluding hydrogens is 745 g/mol. The van der Waals surface area contributed by atoms with E-state index in [1.807, 2.05) is 56.1 Å². The molecule has 2 aromatic carbocycles. The zero-order valence-corrected chi connectivity index (χ0v) is 34.1. The van der Waals surface area contributed by atoms with Crippen LogP contribution in [0.3, 0.4) is 0 Å². The number of amides is 5. The van der Waals surface area contributed by atoms with Gasteiger partial charge in [0.15, 0.2) is 0 Å². The number of rotatable bonds is 18. The molecule has 0 saturated carbocycles. The van der Waals surface area contributed by atoms with E-state index >= 15 is 0 Å². The topological polar surface area (TPSA) is 178 Å². The van der Waals surface area contributed by atoms with Crippen LogP contribution < -0.4 is 16.0 Å². The van der Waals surface area contributed by atoms with Gasteiger partial charge in [-0.15, -0.1) is 11.3 Å². The molecule has 0 aliphatic carbocycles. The smallest absolute Gasteiger partial charge is 0.306 e. The number of nitrogens with zero attached hydrogens (tertiary/aromatic N) is 3. The Morgan fingerprint density at radius 1 is 0.947 bits per heavy atom. The van der Waals surface area contributed by atoms with Crippen molar-refractivity contribution in [2.24, 2.45) is 11.8 Å². The SMILES string of the molecule is C=C(C)C(CC(c1nc(C(=O)NC(Cc2ccccc2)CC(C)C(=O)O)cs1)N1C(=O)c2ccccc2C1=O)NC(=O)C(NC(=O)C1CCCCN1C)C(C)CC. The third-order valence-corrected chi connectivity index (χ3v) is 12.1. The minimum Gasteiger partial charge on any atom is -0.481 e. The van der Waals surface area contributed by atoms with Gasteiger partial charge in [0.1, 0.15) is 16.7 Å². The number of thiazole rings is 1. The number of hydrogen-bond acceptors (Lipinski definition) is 9. The summed E-state index contributed by atoms with van der Waals surface area (Å²) >= 11 is 1.10. The number of aliphatic carboxylic acids is 1. The highest BCUT2D eigenvalue weighted by atomic mass is 32.1. The van der Waals surface area contributed by atoms with Crippen LogP contribution >= 0.6 is 11.3 Å². The van der Waals surface area contributed by atoms with Crippen molar-refractivity contribution >= 4 is 46.8 Å². The largest absolute Gasteiger partial charge is 0.481 e. The number of carboxylic acid groups (broad SMARTS) is 1. The van der Waals surface area contributed by atoms with Crippen molar-refractivity contribution in [1.29, 1.82) is 0 Å². The summed E-state index contributed by atoms with van der Waals surface area (Å²) < 4.78 is 0. The van der Waals surface area contributed by atoms with E-state index < -0.39 is 59.7 Å². The summed E-state index contributed by atoms with van der Waals surface area (Å²) in [6, 6.07) is 12.5. The van der Waals surface area contributed by atoms with Crippen LogP contribution in [0.1, 0.15) is 114 Å². The number of likely N-dealkylation sites (tertiary alicyclic amines) is 1. The first-order valence-electron chi connectivity index (χ1n) is 19.7. The molecule has 13 nitrogen and oxygen atoms in total. The number of carbonyl (C=O) groups excluding carboxylic acids is 5. The second-order valence-corrected chi connectivity index (χ2v) is 16.3. The van der Waals surface area contributed by atoms with E-state index in [4.69, 9.17) is 0 Å². The van der Waals surface area contributed by atoms with E-state index in [9.17, 15) is 33.9 Å². The van der Waals surface area contributed by atoms with E-state index in [1.165, 1.54) is 0 Å². The Kier molecular flexibility index (Phi) is 14.5. The quantitative estimate of drug-likeness (QED) is 0.0970. The van der Waals surface area contributed by atoms with E-state index in [2.05, 4.69) is 27.5 Å². The number of likely N-dealkylation sites (N-methyl/N-ethyl adjacent to an activating group) is 1. The minimum absolute atomic E-state index is 0.000405. The normalized spacial score (nSPS) is 18.8. The van der Waals surface area contributed by atoms with Crippen LogP contribution in [0.2, 0.25) is 0 Å². The predicted molar refractivity (Wildman–Crippen MR) is 218 cm³/mol. The van der Waals surface area contributed by atoms with Crippen LogP contribution in [-0.2, 0) is 20.8 Å². The molecular formula is C43H54N6O7S. The minimum atomic E-state index is -1.01. The molecule has 4 N–H and O–H groups in total. The van der Waals surface area contributed by atoms with Crippen molar-refractivity contribution in [2.75, 3.05) is 13.6 Å². The monoisotopic (exact) mass is 798 g/mol. The van der Waals surface area contributed by atoms with Crippen LogP contribution in [0.25, 0.3) is 0 Å². The maximum Gasteiger partial charge on any atom is 0.306 e. The summed E-state index contributed by atoms with van der Waals surface area (Å²) in [5.74, 6) is -4.10. The standard InChI is InChI=1S/C43H54N6O7S/c1-7-26(4)36(47-38(51)34-19-13-14-20-48(34)6)39(52)45-32(25(2)3)23-35(49-41(53)30-17-11-12-18-31(30)42(49)54)40-46-33(24-57-40)37(50)44-29(21-27(5)43(55)56)22-28-15-9-8-10-16-28/h8-12,15-18,24,26-27,29,32,34-36H,2,7,13-14,19-23H2,1,3-6H3,(H,44,50)(H,45,52)(H,47,51)(H,55,56). The molecule has 1 fully saturated rings. The van der Waals surface area contributed by atoms with E-state index in [0.717, 1.165) is 41.2 Å². The fraction of sp³-hybridized carbons (Fsp3) is 0.465. The molecule has 7 unspecified atom stereocenters. The Labute approximate surface area is 338 Å². The van der Waals surface area contributed by atoms with Crippen molar-refractivity contribution in [3.63, 3.8) is 0 Å². The summed E-state index contributed by atoms with van der Waals surface area (Å²) in [6.07, 6.45) is 3.85. The van der Waals surface area contributed by atoms with Crippen LogP contribution in [0.15, 0.2) is 72.1 Å². The number of fused-ring (bicyclic) bond motifs is 1.